The summed E-state index contributed by atoms with van der Waals surface area (Å²) in [7, 11) is 0. The maximum absolute atomic E-state index is 11.1. The zero-order valence-electron chi connectivity index (χ0n) is 7.49. The zero-order valence-corrected chi connectivity index (χ0v) is 7.49. The van der Waals surface area contributed by atoms with Gasteiger partial charge in [0.1, 0.15) is 6.61 Å². The number of ether oxygens (including phenoxy) is 1. The Morgan fingerprint density at radius 3 is 2.93 bits per heavy atom. The number of carbonyl (C=O) groups is 3. The zero-order chi connectivity index (χ0) is 10.6. The van der Waals surface area contributed by atoms with Crippen molar-refractivity contribution >= 4 is 17.9 Å². The van der Waals surface area contributed by atoms with Crippen molar-refractivity contribution in [2.45, 2.75) is 0 Å². The third-order valence-electron chi connectivity index (χ3n) is 1.75. The molecule has 0 saturated carbocycles. The molecule has 3 N–H and O–H groups in total. The predicted molar refractivity (Wildman–Crippen MR) is 45.1 cm³/mol. The molecule has 1 rings (SSSR count). The van der Waals surface area contributed by atoms with Crippen molar-refractivity contribution in [1.29, 1.82) is 0 Å². The molecule has 0 radical (unpaired) electrons. The highest BCUT2D eigenvalue weighted by molar-refractivity contribution is 6.35. The number of nitrogens with one attached hydrogen (secondary N) is 1. The molecule has 0 aliphatic carbocycles. The van der Waals surface area contributed by atoms with Gasteiger partial charge in [-0.2, -0.15) is 0 Å². The Kier molecular flexibility index (Phi) is 3.27. The molecule has 0 spiro atoms. The second kappa shape index (κ2) is 4.45. The fraction of sp³-hybridized carbons (Fsp3) is 0.571. The minimum absolute atomic E-state index is 0.00829. The molecule has 0 aromatic rings. The largest absolute Gasteiger partial charge is 0.448 e. The van der Waals surface area contributed by atoms with Crippen molar-refractivity contribution in [2.24, 2.45) is 5.73 Å². The van der Waals surface area contributed by atoms with E-state index in [1.807, 2.05) is 0 Å². The molecular weight excluding hydrogens is 190 g/mol. The van der Waals surface area contributed by atoms with Crippen LogP contribution in [0.3, 0.4) is 0 Å². The van der Waals surface area contributed by atoms with Crippen LogP contribution in [0.4, 0.5) is 4.79 Å². The summed E-state index contributed by atoms with van der Waals surface area (Å²) in [5, 5.41) is 2.40. The van der Waals surface area contributed by atoms with Crippen molar-refractivity contribution in [1.82, 2.24) is 10.2 Å². The summed E-state index contributed by atoms with van der Waals surface area (Å²) < 4.78 is 4.44. The van der Waals surface area contributed by atoms with Crippen molar-refractivity contribution < 1.29 is 19.1 Å². The molecule has 0 aromatic carbocycles. The number of carbonyl (C=O) groups excluding carboxylic acids is 3. The van der Waals surface area contributed by atoms with Crippen LogP contribution in [0.5, 0.6) is 0 Å². The molecule has 1 heterocycles. The van der Waals surface area contributed by atoms with E-state index >= 15 is 0 Å². The standard InChI is InChI=1S/C7H11N3O4/c8-7(13)14-4-3-10-2-1-9-5(11)6(10)12/h1-4H2,(H2,8,13)(H,9,11). The van der Waals surface area contributed by atoms with E-state index in [0.29, 0.717) is 13.1 Å². The van der Waals surface area contributed by atoms with Gasteiger partial charge in [0, 0.05) is 13.1 Å². The SMILES string of the molecule is NC(=O)OCCN1CCNC(=O)C1=O. The minimum atomic E-state index is -0.890. The van der Waals surface area contributed by atoms with Crippen LogP contribution in [-0.2, 0) is 14.3 Å². The Labute approximate surface area is 80.2 Å². The molecule has 0 atom stereocenters. The lowest BCUT2D eigenvalue weighted by Gasteiger charge is -2.25. The number of primary amides is 1. The van der Waals surface area contributed by atoms with Crippen LogP contribution in [0.2, 0.25) is 0 Å². The maximum atomic E-state index is 11.1. The van der Waals surface area contributed by atoms with Gasteiger partial charge in [-0.15, -0.1) is 0 Å². The summed E-state index contributed by atoms with van der Waals surface area (Å²) in [5.74, 6) is -1.24. The third-order valence-corrected chi connectivity index (χ3v) is 1.75. The predicted octanol–water partition coefficient (Wildman–Crippen LogP) is -1.96. The highest BCUT2D eigenvalue weighted by Crippen LogP contribution is 1.95. The summed E-state index contributed by atoms with van der Waals surface area (Å²) in [5.41, 5.74) is 4.73. The van der Waals surface area contributed by atoms with Crippen molar-refractivity contribution in [2.75, 3.05) is 26.2 Å². The van der Waals surface area contributed by atoms with E-state index in [4.69, 9.17) is 5.73 Å². The topological polar surface area (TPSA) is 102 Å². The van der Waals surface area contributed by atoms with E-state index in [0.717, 1.165) is 0 Å². The lowest BCUT2D eigenvalue weighted by molar-refractivity contribution is -0.148. The molecule has 0 aromatic heterocycles. The number of hydrogen-bond acceptors (Lipinski definition) is 4. The third kappa shape index (κ3) is 2.61. The monoisotopic (exact) mass is 201 g/mol. The van der Waals surface area contributed by atoms with Gasteiger partial charge in [0.2, 0.25) is 0 Å². The molecule has 14 heavy (non-hydrogen) atoms. The first-order valence-electron chi connectivity index (χ1n) is 4.10. The van der Waals surface area contributed by atoms with Crippen molar-refractivity contribution in [3.8, 4) is 0 Å². The van der Waals surface area contributed by atoms with E-state index in [-0.39, 0.29) is 13.2 Å². The molecule has 1 aliphatic heterocycles. The lowest BCUT2D eigenvalue weighted by Crippen LogP contribution is -2.53. The number of nitrogens with zero attached hydrogens (tertiary/aromatic N) is 1. The average Bonchev–Trinajstić information content (AvgIpc) is 2.12. The van der Waals surface area contributed by atoms with E-state index < -0.39 is 17.9 Å². The van der Waals surface area contributed by atoms with Gasteiger partial charge in [-0.05, 0) is 0 Å². The van der Waals surface area contributed by atoms with Gasteiger partial charge in [-0.25, -0.2) is 4.79 Å². The van der Waals surface area contributed by atoms with Crippen molar-refractivity contribution in [3.63, 3.8) is 0 Å². The Morgan fingerprint density at radius 1 is 1.57 bits per heavy atom. The summed E-state index contributed by atoms with van der Waals surface area (Å²) >= 11 is 0. The summed E-state index contributed by atoms with van der Waals surface area (Å²) in [6.07, 6.45) is -0.890. The normalized spacial score (nSPS) is 16.4. The summed E-state index contributed by atoms with van der Waals surface area (Å²) in [6, 6.07) is 0. The molecule has 7 heteroatoms. The van der Waals surface area contributed by atoms with Crippen LogP contribution in [0.15, 0.2) is 0 Å². The van der Waals surface area contributed by atoms with Gasteiger partial charge < -0.3 is 20.7 Å². The van der Waals surface area contributed by atoms with Crippen LogP contribution < -0.4 is 11.1 Å². The van der Waals surface area contributed by atoms with Crippen molar-refractivity contribution in [3.05, 3.63) is 0 Å². The number of piperazine rings is 1. The molecule has 3 amide bonds. The first-order valence-corrected chi connectivity index (χ1v) is 4.10. The van der Waals surface area contributed by atoms with Gasteiger partial charge in [-0.3, -0.25) is 9.59 Å². The smallest absolute Gasteiger partial charge is 0.404 e. The average molecular weight is 201 g/mol. The number of hydrogen-bond donors (Lipinski definition) is 2. The first kappa shape index (κ1) is 10.3. The second-order valence-electron chi connectivity index (χ2n) is 2.72. The van der Waals surface area contributed by atoms with Gasteiger partial charge in [0.15, 0.2) is 0 Å². The molecule has 0 bridgehead atoms. The van der Waals surface area contributed by atoms with Gasteiger partial charge >= 0.3 is 17.9 Å². The van der Waals surface area contributed by atoms with E-state index in [9.17, 15) is 14.4 Å². The Bertz CT molecular complexity index is 266. The molecule has 78 valence electrons. The van der Waals surface area contributed by atoms with Crippen LogP contribution in [0.1, 0.15) is 0 Å². The molecule has 1 aliphatic rings. The molecule has 0 unspecified atom stereocenters. The molecule has 1 fully saturated rings. The highest BCUT2D eigenvalue weighted by atomic mass is 16.5. The van der Waals surface area contributed by atoms with Gasteiger partial charge in [-0.1, -0.05) is 0 Å². The Morgan fingerprint density at radius 2 is 2.29 bits per heavy atom. The maximum Gasteiger partial charge on any atom is 0.404 e. The van der Waals surface area contributed by atoms with Crippen LogP contribution in [0, 0.1) is 0 Å². The number of nitrogens with two attached hydrogens (primary N) is 1. The van der Waals surface area contributed by atoms with Gasteiger partial charge in [0.05, 0.1) is 6.54 Å². The molecular formula is C7H11N3O4. The summed E-state index contributed by atoms with van der Waals surface area (Å²) in [6.45, 7) is 1.04. The van der Waals surface area contributed by atoms with Crippen LogP contribution in [0.25, 0.3) is 0 Å². The van der Waals surface area contributed by atoms with E-state index in [2.05, 4.69) is 10.1 Å². The Balaban J connectivity index is 2.32. The van der Waals surface area contributed by atoms with Crippen LogP contribution >= 0.6 is 0 Å². The minimum Gasteiger partial charge on any atom is -0.448 e. The van der Waals surface area contributed by atoms with Crippen LogP contribution in [-0.4, -0.2) is 49.0 Å². The van der Waals surface area contributed by atoms with E-state index in [1.165, 1.54) is 4.90 Å². The number of rotatable bonds is 3. The fourth-order valence-corrected chi connectivity index (χ4v) is 1.09. The fourth-order valence-electron chi connectivity index (χ4n) is 1.09. The number of amides is 3. The van der Waals surface area contributed by atoms with Gasteiger partial charge in [0.25, 0.3) is 0 Å². The molecule has 1 saturated heterocycles. The first-order chi connectivity index (χ1) is 6.61. The second-order valence-corrected chi connectivity index (χ2v) is 2.72. The lowest BCUT2D eigenvalue weighted by atomic mass is 10.3. The highest BCUT2D eigenvalue weighted by Gasteiger charge is 2.25. The Hall–Kier alpha value is -1.79. The summed E-state index contributed by atoms with van der Waals surface area (Å²) in [4.78, 5) is 33.5. The quantitative estimate of drug-likeness (QED) is 0.517. The molecule has 7 nitrogen and oxygen atoms in total. The van der Waals surface area contributed by atoms with E-state index in [1.54, 1.807) is 0 Å².